The maximum Gasteiger partial charge on any atom is 0.416 e. The zero-order valence-corrected chi connectivity index (χ0v) is 16.8. The van der Waals surface area contributed by atoms with Gasteiger partial charge in [0.2, 0.25) is 0 Å². The van der Waals surface area contributed by atoms with Gasteiger partial charge in [0.1, 0.15) is 5.76 Å². The fraction of sp³-hybridized carbons (Fsp3) is 0.0526. The Balaban J connectivity index is 1.71. The summed E-state index contributed by atoms with van der Waals surface area (Å²) >= 11 is 10.8. The van der Waals surface area contributed by atoms with Crippen molar-refractivity contribution in [3.63, 3.8) is 0 Å². The summed E-state index contributed by atoms with van der Waals surface area (Å²) in [6.45, 7) is 0. The smallest absolute Gasteiger partial charge is 0.416 e. The lowest BCUT2D eigenvalue weighted by Gasteiger charge is -2.13. The van der Waals surface area contributed by atoms with Crippen molar-refractivity contribution in [2.45, 2.75) is 6.18 Å². The minimum Gasteiger partial charge on any atom is -0.451 e. The molecule has 0 saturated heterocycles. The molecule has 0 aliphatic rings. The Labute approximate surface area is 183 Å². The average Bonchev–Trinajstić information content (AvgIpc) is 3.19. The fourth-order valence-electron chi connectivity index (χ4n) is 2.50. The summed E-state index contributed by atoms with van der Waals surface area (Å²) < 4.78 is 44.0. The van der Waals surface area contributed by atoms with Gasteiger partial charge in [0, 0.05) is 17.7 Å². The second-order valence-electron chi connectivity index (χ2n) is 6.07. The molecule has 12 heteroatoms. The van der Waals surface area contributed by atoms with Crippen molar-refractivity contribution in [2.75, 3.05) is 5.32 Å². The molecule has 0 bridgehead atoms. The molecule has 0 unspecified atom stereocenters. The quantitative estimate of drug-likeness (QED) is 0.291. The first-order valence-corrected chi connectivity index (χ1v) is 9.17. The molecule has 3 aromatic rings. The lowest BCUT2D eigenvalue weighted by molar-refractivity contribution is -0.384. The number of halogens is 4. The van der Waals surface area contributed by atoms with Gasteiger partial charge >= 0.3 is 6.18 Å². The number of amides is 1. The van der Waals surface area contributed by atoms with Crippen molar-refractivity contribution in [1.29, 1.82) is 0 Å². The number of anilines is 1. The maximum atomic E-state index is 12.9. The second kappa shape index (κ2) is 8.74. The zero-order valence-electron chi connectivity index (χ0n) is 15.2. The van der Waals surface area contributed by atoms with Gasteiger partial charge in [0.25, 0.3) is 11.6 Å². The molecule has 1 heterocycles. The molecule has 31 heavy (non-hydrogen) atoms. The van der Waals surface area contributed by atoms with Crippen molar-refractivity contribution in [2.24, 2.45) is 0 Å². The van der Waals surface area contributed by atoms with Gasteiger partial charge in [-0.2, -0.15) is 13.2 Å². The van der Waals surface area contributed by atoms with E-state index >= 15 is 0 Å². The molecule has 0 aliphatic carbocycles. The predicted octanol–water partition coefficient (Wildman–Crippen LogP) is 5.65. The number of non-ortho nitro benzene ring substituents is 1. The number of carbonyl (C=O) groups excluding carboxylic acids is 1. The van der Waals surface area contributed by atoms with Gasteiger partial charge in [-0.1, -0.05) is 23.7 Å². The number of hydrogen-bond acceptors (Lipinski definition) is 5. The monoisotopic (exact) mass is 469 g/mol. The van der Waals surface area contributed by atoms with Crippen LogP contribution in [0.25, 0.3) is 11.3 Å². The first-order chi connectivity index (χ1) is 14.5. The van der Waals surface area contributed by atoms with Crippen LogP contribution in [-0.2, 0) is 6.18 Å². The van der Waals surface area contributed by atoms with E-state index in [9.17, 15) is 28.1 Å². The molecule has 160 valence electrons. The highest BCUT2D eigenvalue weighted by Crippen LogP contribution is 2.33. The van der Waals surface area contributed by atoms with E-state index in [4.69, 9.17) is 28.2 Å². The Hall–Kier alpha value is -3.44. The van der Waals surface area contributed by atoms with Crippen LogP contribution in [0.2, 0.25) is 5.02 Å². The van der Waals surface area contributed by atoms with E-state index in [2.05, 4.69) is 10.6 Å². The number of benzene rings is 2. The molecule has 0 atom stereocenters. The molecule has 1 aromatic heterocycles. The van der Waals surface area contributed by atoms with E-state index in [1.165, 1.54) is 30.3 Å². The third kappa shape index (κ3) is 5.38. The van der Waals surface area contributed by atoms with Gasteiger partial charge in [0.05, 0.1) is 21.2 Å². The Bertz CT molecular complexity index is 1180. The minimum absolute atomic E-state index is 0.0319. The summed E-state index contributed by atoms with van der Waals surface area (Å²) in [5.41, 5.74) is -0.854. The summed E-state index contributed by atoms with van der Waals surface area (Å²) in [5.74, 6) is -0.744. The lowest BCUT2D eigenvalue weighted by atomic mass is 10.1. The second-order valence-corrected chi connectivity index (χ2v) is 6.89. The first-order valence-electron chi connectivity index (χ1n) is 8.38. The van der Waals surface area contributed by atoms with Crippen LogP contribution in [0.3, 0.4) is 0 Å². The van der Waals surface area contributed by atoms with Crippen LogP contribution in [0.1, 0.15) is 16.1 Å². The standard InChI is InChI=1S/C19H11ClF3N3O4S/c20-13-5-4-11(19(21,22)23)9-14(13)24-18(31)25-17(27)16-7-6-15(30-16)10-2-1-3-12(8-10)26(28)29/h1-9H,(H2,24,25,27,31). The number of thiocarbonyl (C=S) groups is 1. The number of rotatable bonds is 4. The van der Waals surface area contributed by atoms with Crippen molar-refractivity contribution in [1.82, 2.24) is 5.32 Å². The number of furan rings is 1. The number of nitrogens with zero attached hydrogens (tertiary/aromatic N) is 1. The number of nitrogens with one attached hydrogen (secondary N) is 2. The summed E-state index contributed by atoms with van der Waals surface area (Å²) in [4.78, 5) is 22.6. The van der Waals surface area contributed by atoms with E-state index in [1.807, 2.05) is 0 Å². The summed E-state index contributed by atoms with van der Waals surface area (Å²) in [5, 5.41) is 15.2. The van der Waals surface area contributed by atoms with Crippen LogP contribution in [-0.4, -0.2) is 15.9 Å². The van der Waals surface area contributed by atoms with Gasteiger partial charge in [-0.15, -0.1) is 0 Å². The maximum absolute atomic E-state index is 12.9. The SMILES string of the molecule is O=C(NC(=S)Nc1cc(C(F)(F)F)ccc1Cl)c1ccc(-c2cccc([N+](=O)[O-])c2)o1. The van der Waals surface area contributed by atoms with Crippen LogP contribution < -0.4 is 10.6 Å². The first kappa shape index (κ1) is 22.2. The van der Waals surface area contributed by atoms with Crippen molar-refractivity contribution in [3.05, 3.63) is 81.1 Å². The number of hydrogen-bond donors (Lipinski definition) is 2. The van der Waals surface area contributed by atoms with Crippen LogP contribution in [0.5, 0.6) is 0 Å². The molecule has 7 nitrogen and oxygen atoms in total. The van der Waals surface area contributed by atoms with Crippen molar-refractivity contribution in [3.8, 4) is 11.3 Å². The molecule has 0 aliphatic heterocycles. The van der Waals surface area contributed by atoms with E-state index < -0.39 is 22.6 Å². The molecule has 3 rings (SSSR count). The number of alkyl halides is 3. The van der Waals surface area contributed by atoms with Gasteiger partial charge in [-0.05, 0) is 42.5 Å². The van der Waals surface area contributed by atoms with E-state index in [0.717, 1.165) is 18.2 Å². The lowest BCUT2D eigenvalue weighted by Crippen LogP contribution is -2.34. The topological polar surface area (TPSA) is 97.4 Å². The molecule has 0 radical (unpaired) electrons. The zero-order chi connectivity index (χ0) is 22.8. The van der Waals surface area contributed by atoms with Crippen LogP contribution >= 0.6 is 23.8 Å². The predicted molar refractivity (Wildman–Crippen MR) is 111 cm³/mol. The molecular weight excluding hydrogens is 459 g/mol. The number of nitro benzene ring substituents is 1. The molecule has 2 aromatic carbocycles. The molecule has 1 amide bonds. The molecule has 0 saturated carbocycles. The van der Waals surface area contributed by atoms with E-state index in [-0.39, 0.29) is 33.0 Å². The van der Waals surface area contributed by atoms with Gasteiger partial charge in [-0.25, -0.2) is 0 Å². The van der Waals surface area contributed by atoms with Crippen LogP contribution in [0.15, 0.2) is 59.0 Å². The van der Waals surface area contributed by atoms with Crippen LogP contribution in [0, 0.1) is 10.1 Å². The van der Waals surface area contributed by atoms with Crippen LogP contribution in [0.4, 0.5) is 24.5 Å². The van der Waals surface area contributed by atoms with Crippen molar-refractivity contribution < 1.29 is 27.3 Å². The Morgan fingerprint density at radius 1 is 1.13 bits per heavy atom. The summed E-state index contributed by atoms with van der Waals surface area (Å²) in [6.07, 6.45) is -4.58. The number of nitro groups is 1. The van der Waals surface area contributed by atoms with E-state index in [1.54, 1.807) is 6.07 Å². The van der Waals surface area contributed by atoms with Gasteiger partial charge < -0.3 is 9.73 Å². The summed E-state index contributed by atoms with van der Waals surface area (Å²) in [7, 11) is 0. The number of carbonyl (C=O) groups is 1. The molecule has 2 N–H and O–H groups in total. The Morgan fingerprint density at radius 3 is 2.55 bits per heavy atom. The Kier molecular flexibility index (Phi) is 6.27. The molecular formula is C19H11ClF3N3O4S. The third-order valence-corrected chi connectivity index (χ3v) is 4.47. The van der Waals surface area contributed by atoms with Gasteiger partial charge in [0.15, 0.2) is 10.9 Å². The normalized spacial score (nSPS) is 11.1. The van der Waals surface area contributed by atoms with Gasteiger partial charge in [-0.3, -0.25) is 20.2 Å². The average molecular weight is 470 g/mol. The molecule has 0 spiro atoms. The molecule has 0 fully saturated rings. The highest BCUT2D eigenvalue weighted by Gasteiger charge is 2.31. The van der Waals surface area contributed by atoms with E-state index in [0.29, 0.717) is 5.56 Å². The highest BCUT2D eigenvalue weighted by atomic mass is 35.5. The third-order valence-electron chi connectivity index (χ3n) is 3.94. The Morgan fingerprint density at radius 2 is 1.87 bits per heavy atom. The minimum atomic E-state index is -4.58. The highest BCUT2D eigenvalue weighted by molar-refractivity contribution is 7.80. The fourth-order valence-corrected chi connectivity index (χ4v) is 2.87. The van der Waals surface area contributed by atoms with Crippen molar-refractivity contribution >= 4 is 46.2 Å². The largest absolute Gasteiger partial charge is 0.451 e. The summed E-state index contributed by atoms with van der Waals surface area (Å²) in [6, 6.07) is 11.0.